The Morgan fingerprint density at radius 3 is 2.67 bits per heavy atom. The highest BCUT2D eigenvalue weighted by molar-refractivity contribution is 6.02. The number of aromatic nitrogens is 4. The van der Waals surface area contributed by atoms with Gasteiger partial charge in [0.1, 0.15) is 17.9 Å². The monoisotopic (exact) mass is 333 g/mol. The van der Waals surface area contributed by atoms with Gasteiger partial charge in [-0.05, 0) is 25.8 Å². The Hall–Kier alpha value is -2.97. The van der Waals surface area contributed by atoms with Crippen LogP contribution in [0.5, 0.6) is 0 Å². The molecular weight excluding hydrogens is 314 g/mol. The minimum Gasteiger partial charge on any atom is -0.480 e. The van der Waals surface area contributed by atoms with Crippen LogP contribution in [0.4, 0.5) is 0 Å². The number of carbonyl (C=O) groups is 3. The lowest BCUT2D eigenvalue weighted by molar-refractivity contribution is -0.137. The number of aryl methyl sites for hydroxylation is 1. The van der Waals surface area contributed by atoms with E-state index in [4.69, 9.17) is 5.11 Å². The number of carbonyl (C=O) groups excluding carboxylic acids is 2. The first-order valence-electron chi connectivity index (χ1n) is 7.44. The molecule has 9 heteroatoms. The summed E-state index contributed by atoms with van der Waals surface area (Å²) in [5, 5.41) is 18.8. The maximum atomic E-state index is 12.4. The van der Waals surface area contributed by atoms with Crippen molar-refractivity contribution in [3.8, 4) is 0 Å². The first kappa shape index (κ1) is 17.4. The van der Waals surface area contributed by atoms with Crippen LogP contribution in [-0.2, 0) is 24.3 Å². The molecule has 0 saturated heterocycles. The number of hydrogen-bond acceptors (Lipinski definition) is 5. The Kier molecular flexibility index (Phi) is 5.12. The van der Waals surface area contributed by atoms with Crippen LogP contribution in [0.3, 0.4) is 0 Å². The molecule has 0 aromatic carbocycles. The molecule has 0 bridgehead atoms. The molecule has 128 valence electrons. The summed E-state index contributed by atoms with van der Waals surface area (Å²) in [6, 6.07) is 0. The van der Waals surface area contributed by atoms with Gasteiger partial charge in [0.05, 0.1) is 12.7 Å². The molecule has 0 radical (unpaired) electrons. The van der Waals surface area contributed by atoms with Gasteiger partial charge in [0.2, 0.25) is 0 Å². The van der Waals surface area contributed by atoms with Crippen molar-refractivity contribution < 1.29 is 19.5 Å². The third kappa shape index (κ3) is 3.67. The van der Waals surface area contributed by atoms with Gasteiger partial charge in [-0.15, -0.1) is 5.10 Å². The first-order valence-corrected chi connectivity index (χ1v) is 7.44. The quantitative estimate of drug-likeness (QED) is 0.639. The van der Waals surface area contributed by atoms with Crippen LogP contribution in [0.15, 0.2) is 6.20 Å². The maximum absolute atomic E-state index is 12.4. The Labute approximate surface area is 138 Å². The van der Waals surface area contributed by atoms with Crippen molar-refractivity contribution in [2.75, 3.05) is 0 Å². The van der Waals surface area contributed by atoms with Gasteiger partial charge in [0.25, 0.3) is 5.91 Å². The summed E-state index contributed by atoms with van der Waals surface area (Å²) >= 11 is 0. The lowest BCUT2D eigenvalue weighted by Gasteiger charge is -2.04. The van der Waals surface area contributed by atoms with Gasteiger partial charge in [-0.25, -0.2) is 4.68 Å². The second-order valence-corrected chi connectivity index (χ2v) is 5.37. The van der Waals surface area contributed by atoms with E-state index in [0.29, 0.717) is 34.6 Å². The van der Waals surface area contributed by atoms with Crippen LogP contribution in [0.25, 0.3) is 0 Å². The Morgan fingerprint density at radius 1 is 1.38 bits per heavy atom. The molecule has 2 aromatic heterocycles. The van der Waals surface area contributed by atoms with E-state index in [-0.39, 0.29) is 24.8 Å². The predicted molar refractivity (Wildman–Crippen MR) is 83.7 cm³/mol. The molecule has 0 atom stereocenters. The maximum Gasteiger partial charge on any atom is 0.325 e. The number of aromatic amines is 1. The number of carboxylic acids is 1. The number of aliphatic carboxylic acids is 1. The molecule has 2 rings (SSSR count). The molecule has 3 N–H and O–H groups in total. The van der Waals surface area contributed by atoms with Crippen LogP contribution >= 0.6 is 0 Å². The van der Waals surface area contributed by atoms with Gasteiger partial charge in [0.15, 0.2) is 5.78 Å². The second-order valence-electron chi connectivity index (χ2n) is 5.37. The number of Topliss-reactive ketones (excluding diaryl/α,β-unsaturated/α-hetero) is 1. The van der Waals surface area contributed by atoms with Crippen molar-refractivity contribution in [1.29, 1.82) is 0 Å². The highest BCUT2D eigenvalue weighted by Gasteiger charge is 2.21. The van der Waals surface area contributed by atoms with Crippen molar-refractivity contribution in [3.05, 3.63) is 34.4 Å². The van der Waals surface area contributed by atoms with Gasteiger partial charge in [-0.1, -0.05) is 12.1 Å². The van der Waals surface area contributed by atoms with Gasteiger partial charge < -0.3 is 15.4 Å². The number of ketones is 1. The van der Waals surface area contributed by atoms with Crippen LogP contribution < -0.4 is 5.32 Å². The fourth-order valence-electron chi connectivity index (χ4n) is 2.60. The zero-order valence-electron chi connectivity index (χ0n) is 13.7. The molecule has 0 aliphatic heterocycles. The van der Waals surface area contributed by atoms with Crippen LogP contribution in [-0.4, -0.2) is 42.7 Å². The van der Waals surface area contributed by atoms with Crippen molar-refractivity contribution in [2.24, 2.45) is 0 Å². The molecule has 0 aliphatic carbocycles. The summed E-state index contributed by atoms with van der Waals surface area (Å²) in [7, 11) is 0. The van der Waals surface area contributed by atoms with Gasteiger partial charge in [0, 0.05) is 11.3 Å². The zero-order valence-corrected chi connectivity index (χ0v) is 13.7. The van der Waals surface area contributed by atoms with Crippen molar-refractivity contribution in [1.82, 2.24) is 25.3 Å². The van der Waals surface area contributed by atoms with Crippen molar-refractivity contribution in [2.45, 2.75) is 40.3 Å². The summed E-state index contributed by atoms with van der Waals surface area (Å²) in [6.07, 6.45) is 2.01. The summed E-state index contributed by atoms with van der Waals surface area (Å²) in [5.41, 5.74) is 2.70. The molecule has 2 aromatic rings. The number of rotatable bonds is 7. The van der Waals surface area contributed by atoms with E-state index >= 15 is 0 Å². The fraction of sp³-hybridized carbons (Fsp3) is 0.400. The third-order valence-electron chi connectivity index (χ3n) is 3.54. The first-order chi connectivity index (χ1) is 11.3. The number of nitrogens with zero attached hydrogens (tertiary/aromatic N) is 3. The minimum atomic E-state index is -1.03. The predicted octanol–water partition coefficient (Wildman–Crippen LogP) is 0.694. The zero-order chi connectivity index (χ0) is 17.9. The summed E-state index contributed by atoms with van der Waals surface area (Å²) < 4.78 is 1.17. The van der Waals surface area contributed by atoms with E-state index in [1.807, 2.05) is 6.92 Å². The second kappa shape index (κ2) is 7.07. The Bertz CT molecular complexity index is 790. The summed E-state index contributed by atoms with van der Waals surface area (Å²) in [6.45, 7) is 4.92. The van der Waals surface area contributed by atoms with Gasteiger partial charge >= 0.3 is 5.97 Å². The average Bonchev–Trinajstić information content (AvgIpc) is 3.07. The molecule has 9 nitrogen and oxygen atoms in total. The number of nitrogens with one attached hydrogen (secondary N) is 2. The summed E-state index contributed by atoms with van der Waals surface area (Å²) in [5.74, 6) is -1.46. The average molecular weight is 333 g/mol. The molecule has 2 heterocycles. The van der Waals surface area contributed by atoms with E-state index in [9.17, 15) is 14.4 Å². The lowest BCUT2D eigenvalue weighted by atomic mass is 10.0. The van der Waals surface area contributed by atoms with Gasteiger partial charge in [-0.2, -0.15) is 0 Å². The van der Waals surface area contributed by atoms with E-state index in [2.05, 4.69) is 20.6 Å². The Balaban J connectivity index is 2.10. The minimum absolute atomic E-state index is 0.0868. The van der Waals surface area contributed by atoms with Crippen LogP contribution in [0.1, 0.15) is 51.6 Å². The molecule has 24 heavy (non-hydrogen) atoms. The SMILES string of the molecule is CCc1c(C(=O)NCc2cn(CC(=O)O)nn2)[nH]c(C)c1C(C)=O. The van der Waals surface area contributed by atoms with Gasteiger partial charge in [-0.3, -0.25) is 14.4 Å². The van der Waals surface area contributed by atoms with Crippen LogP contribution in [0, 0.1) is 6.92 Å². The highest BCUT2D eigenvalue weighted by atomic mass is 16.4. The standard InChI is InChI=1S/C15H19N5O4/c1-4-11-13(9(3)21)8(2)17-14(11)15(24)16-5-10-6-20(19-18-10)7-12(22)23/h6,17H,4-5,7H2,1-3H3,(H,16,24)(H,22,23). The van der Waals surface area contributed by atoms with Crippen molar-refractivity contribution in [3.63, 3.8) is 0 Å². The number of amides is 1. The molecule has 0 saturated carbocycles. The fourth-order valence-corrected chi connectivity index (χ4v) is 2.60. The molecule has 0 unspecified atom stereocenters. The lowest BCUT2D eigenvalue weighted by Crippen LogP contribution is -2.24. The molecule has 0 aliphatic rings. The Morgan fingerprint density at radius 2 is 2.08 bits per heavy atom. The van der Waals surface area contributed by atoms with E-state index in [1.165, 1.54) is 17.8 Å². The summed E-state index contributed by atoms with van der Waals surface area (Å²) in [4.78, 5) is 37.7. The number of H-pyrrole nitrogens is 1. The smallest absolute Gasteiger partial charge is 0.325 e. The highest BCUT2D eigenvalue weighted by Crippen LogP contribution is 2.20. The normalized spacial score (nSPS) is 10.6. The molecule has 1 amide bonds. The van der Waals surface area contributed by atoms with E-state index in [0.717, 1.165) is 0 Å². The largest absolute Gasteiger partial charge is 0.480 e. The van der Waals surface area contributed by atoms with E-state index < -0.39 is 5.97 Å². The molecule has 0 spiro atoms. The molecule has 0 fully saturated rings. The number of hydrogen-bond donors (Lipinski definition) is 3. The van der Waals surface area contributed by atoms with Crippen molar-refractivity contribution >= 4 is 17.7 Å². The number of carboxylic acid groups (broad SMARTS) is 1. The third-order valence-corrected chi connectivity index (χ3v) is 3.54. The van der Waals surface area contributed by atoms with E-state index in [1.54, 1.807) is 6.92 Å². The topological polar surface area (TPSA) is 130 Å². The van der Waals surface area contributed by atoms with Crippen LogP contribution in [0.2, 0.25) is 0 Å². The molecular formula is C15H19N5O4.